The predicted molar refractivity (Wildman–Crippen MR) is 72.2 cm³/mol. The molecule has 1 rings (SSSR count). The molecular weight excluding hydrogens is 231 g/mol. The fourth-order valence-corrected chi connectivity index (χ4v) is 1.57. The third kappa shape index (κ3) is 6.10. The van der Waals surface area contributed by atoms with Crippen LogP contribution in [0, 0.1) is 12.7 Å². The molecule has 0 unspecified atom stereocenters. The third-order valence-electron chi connectivity index (χ3n) is 2.73. The molecule has 0 aliphatic carbocycles. The second-order valence-corrected chi connectivity index (χ2v) is 4.66. The van der Waals surface area contributed by atoms with Crippen molar-refractivity contribution in [2.75, 3.05) is 40.4 Å². The first kappa shape index (κ1) is 15.1. The van der Waals surface area contributed by atoms with Gasteiger partial charge >= 0.3 is 0 Å². The lowest BCUT2D eigenvalue weighted by molar-refractivity contribution is 0.119. The Kier molecular flexibility index (Phi) is 6.86. The zero-order valence-corrected chi connectivity index (χ0v) is 11.5. The highest BCUT2D eigenvalue weighted by molar-refractivity contribution is 5.26. The summed E-state index contributed by atoms with van der Waals surface area (Å²) in [6.45, 7) is 5.89. The summed E-state index contributed by atoms with van der Waals surface area (Å²) in [5.74, 6) is -0.178. The Bertz CT molecular complexity index is 356. The molecule has 3 nitrogen and oxygen atoms in total. The summed E-state index contributed by atoms with van der Waals surface area (Å²) in [6.07, 6.45) is 0. The maximum atomic E-state index is 12.9. The lowest BCUT2D eigenvalue weighted by Gasteiger charge is -2.11. The first-order valence-electron chi connectivity index (χ1n) is 6.28. The van der Waals surface area contributed by atoms with Gasteiger partial charge in [0.25, 0.3) is 0 Å². The molecule has 1 aromatic rings. The molecule has 0 bridgehead atoms. The molecule has 0 atom stereocenters. The molecule has 0 saturated heterocycles. The average molecular weight is 254 g/mol. The van der Waals surface area contributed by atoms with Crippen LogP contribution in [-0.4, -0.2) is 45.3 Å². The van der Waals surface area contributed by atoms with E-state index in [1.165, 1.54) is 6.07 Å². The van der Waals surface area contributed by atoms with E-state index in [0.717, 1.165) is 37.4 Å². The van der Waals surface area contributed by atoms with E-state index in [1.54, 1.807) is 6.07 Å². The molecule has 1 N–H and O–H groups in total. The normalized spacial score (nSPS) is 11.2. The molecule has 102 valence electrons. The van der Waals surface area contributed by atoms with Crippen LogP contribution in [0.1, 0.15) is 11.1 Å². The van der Waals surface area contributed by atoms with Crippen molar-refractivity contribution in [2.45, 2.75) is 13.5 Å². The van der Waals surface area contributed by atoms with Gasteiger partial charge in [-0.2, -0.15) is 0 Å². The van der Waals surface area contributed by atoms with E-state index in [9.17, 15) is 4.39 Å². The van der Waals surface area contributed by atoms with Crippen molar-refractivity contribution in [1.29, 1.82) is 0 Å². The van der Waals surface area contributed by atoms with Gasteiger partial charge in [0.15, 0.2) is 0 Å². The molecule has 18 heavy (non-hydrogen) atoms. The first-order chi connectivity index (χ1) is 8.59. The van der Waals surface area contributed by atoms with E-state index < -0.39 is 0 Å². The third-order valence-corrected chi connectivity index (χ3v) is 2.73. The number of nitrogens with one attached hydrogen (secondary N) is 1. The van der Waals surface area contributed by atoms with Crippen molar-refractivity contribution in [3.05, 3.63) is 35.1 Å². The molecule has 0 radical (unpaired) electrons. The second-order valence-electron chi connectivity index (χ2n) is 4.66. The maximum absolute atomic E-state index is 12.9. The summed E-state index contributed by atoms with van der Waals surface area (Å²) in [5, 5.41) is 3.29. The molecule has 1 aromatic carbocycles. The molecule has 0 amide bonds. The highest BCUT2D eigenvalue weighted by Crippen LogP contribution is 2.09. The smallest absolute Gasteiger partial charge is 0.123 e. The number of aryl methyl sites for hydroxylation is 1. The van der Waals surface area contributed by atoms with Gasteiger partial charge in [-0.05, 0) is 44.3 Å². The number of ether oxygens (including phenoxy) is 1. The van der Waals surface area contributed by atoms with Crippen LogP contribution < -0.4 is 5.32 Å². The van der Waals surface area contributed by atoms with E-state index in [1.807, 2.05) is 27.1 Å². The Morgan fingerprint density at radius 3 is 2.72 bits per heavy atom. The van der Waals surface area contributed by atoms with E-state index in [0.29, 0.717) is 6.61 Å². The van der Waals surface area contributed by atoms with E-state index in [4.69, 9.17) is 4.74 Å². The molecule has 0 fully saturated rings. The number of hydrogen-bond donors (Lipinski definition) is 1. The van der Waals surface area contributed by atoms with Gasteiger partial charge in [-0.3, -0.25) is 0 Å². The van der Waals surface area contributed by atoms with Gasteiger partial charge in [0.2, 0.25) is 0 Å². The minimum absolute atomic E-state index is 0.178. The van der Waals surface area contributed by atoms with Gasteiger partial charge in [-0.15, -0.1) is 0 Å². The lowest BCUT2D eigenvalue weighted by atomic mass is 10.1. The van der Waals surface area contributed by atoms with Gasteiger partial charge < -0.3 is 15.0 Å². The molecule has 0 aliphatic heterocycles. The zero-order valence-electron chi connectivity index (χ0n) is 11.5. The largest absolute Gasteiger partial charge is 0.379 e. The second kappa shape index (κ2) is 8.19. The number of likely N-dealkylation sites (N-methyl/N-ethyl adjacent to an activating group) is 1. The minimum Gasteiger partial charge on any atom is -0.379 e. The van der Waals surface area contributed by atoms with Crippen molar-refractivity contribution in [1.82, 2.24) is 10.2 Å². The standard InChI is InChI=1S/C14H23FN2O/c1-12-10-14(15)5-4-13(12)11-16-6-8-18-9-7-17(2)3/h4-5,10,16H,6-9,11H2,1-3H3. The van der Waals surface area contributed by atoms with E-state index in [-0.39, 0.29) is 5.82 Å². The number of rotatable bonds is 8. The van der Waals surface area contributed by atoms with Crippen LogP contribution in [0.3, 0.4) is 0 Å². The van der Waals surface area contributed by atoms with Crippen LogP contribution in [-0.2, 0) is 11.3 Å². The highest BCUT2D eigenvalue weighted by Gasteiger charge is 1.99. The molecule has 0 aliphatic rings. The topological polar surface area (TPSA) is 24.5 Å². The summed E-state index contributed by atoms with van der Waals surface area (Å²) in [7, 11) is 4.05. The molecule has 4 heteroatoms. The lowest BCUT2D eigenvalue weighted by Crippen LogP contribution is -2.23. The molecule has 0 saturated carbocycles. The number of halogens is 1. The summed E-state index contributed by atoms with van der Waals surface area (Å²) >= 11 is 0. The fraction of sp³-hybridized carbons (Fsp3) is 0.571. The fourth-order valence-electron chi connectivity index (χ4n) is 1.57. The van der Waals surface area contributed by atoms with Crippen LogP contribution in [0.15, 0.2) is 18.2 Å². The summed E-state index contributed by atoms with van der Waals surface area (Å²) in [6, 6.07) is 4.88. The quantitative estimate of drug-likeness (QED) is 0.716. The molecule has 0 spiro atoms. The Balaban J connectivity index is 2.11. The van der Waals surface area contributed by atoms with Crippen molar-refractivity contribution >= 4 is 0 Å². The number of hydrogen-bond acceptors (Lipinski definition) is 3. The van der Waals surface area contributed by atoms with Crippen LogP contribution in [0.4, 0.5) is 4.39 Å². The Hall–Kier alpha value is -0.970. The highest BCUT2D eigenvalue weighted by atomic mass is 19.1. The predicted octanol–water partition coefficient (Wildman–Crippen LogP) is 1.80. The van der Waals surface area contributed by atoms with Crippen LogP contribution >= 0.6 is 0 Å². The minimum atomic E-state index is -0.178. The SMILES string of the molecule is Cc1cc(F)ccc1CNCCOCCN(C)C. The maximum Gasteiger partial charge on any atom is 0.123 e. The molecular formula is C14H23FN2O. The Morgan fingerprint density at radius 1 is 1.28 bits per heavy atom. The van der Waals surface area contributed by atoms with Gasteiger partial charge in [-0.1, -0.05) is 6.07 Å². The van der Waals surface area contributed by atoms with Gasteiger partial charge in [0, 0.05) is 19.6 Å². The van der Waals surface area contributed by atoms with Crippen molar-refractivity contribution < 1.29 is 9.13 Å². The summed E-state index contributed by atoms with van der Waals surface area (Å²) in [4.78, 5) is 2.09. The van der Waals surface area contributed by atoms with Crippen LogP contribution in [0.5, 0.6) is 0 Å². The van der Waals surface area contributed by atoms with E-state index >= 15 is 0 Å². The zero-order chi connectivity index (χ0) is 13.4. The van der Waals surface area contributed by atoms with Crippen LogP contribution in [0.2, 0.25) is 0 Å². The van der Waals surface area contributed by atoms with Gasteiger partial charge in [-0.25, -0.2) is 4.39 Å². The molecule has 0 aromatic heterocycles. The van der Waals surface area contributed by atoms with Crippen molar-refractivity contribution in [2.24, 2.45) is 0 Å². The van der Waals surface area contributed by atoms with Crippen molar-refractivity contribution in [3.63, 3.8) is 0 Å². The van der Waals surface area contributed by atoms with Crippen molar-refractivity contribution in [3.8, 4) is 0 Å². The van der Waals surface area contributed by atoms with E-state index in [2.05, 4.69) is 10.2 Å². The Labute approximate surface area is 109 Å². The number of nitrogens with zero attached hydrogens (tertiary/aromatic N) is 1. The Morgan fingerprint density at radius 2 is 2.06 bits per heavy atom. The van der Waals surface area contributed by atoms with Gasteiger partial charge in [0.1, 0.15) is 5.82 Å². The summed E-state index contributed by atoms with van der Waals surface area (Å²) in [5.41, 5.74) is 2.11. The molecule has 0 heterocycles. The first-order valence-corrected chi connectivity index (χ1v) is 6.28. The monoisotopic (exact) mass is 254 g/mol. The number of benzene rings is 1. The van der Waals surface area contributed by atoms with Crippen LogP contribution in [0.25, 0.3) is 0 Å². The van der Waals surface area contributed by atoms with Gasteiger partial charge in [0.05, 0.1) is 13.2 Å². The average Bonchev–Trinajstić information content (AvgIpc) is 2.30. The summed E-state index contributed by atoms with van der Waals surface area (Å²) < 4.78 is 18.4.